The average molecular weight is 825 g/mol. The molecule has 0 saturated carbocycles. The molecule has 15 heteroatoms. The van der Waals surface area contributed by atoms with Gasteiger partial charge in [-0.05, 0) is 78.1 Å². The van der Waals surface area contributed by atoms with Crippen LogP contribution in [-0.2, 0) is 25.7 Å². The number of hydrogen-bond donors (Lipinski definition) is 4. The summed E-state index contributed by atoms with van der Waals surface area (Å²) in [4.78, 5) is 72.5. The number of ether oxygens (including phenoxy) is 3. The zero-order chi connectivity index (χ0) is 42.4. The molecular weight excluding hydrogens is 777 g/mol. The molecule has 314 valence electrons. The lowest BCUT2D eigenvalue weighted by atomic mass is 9.92. The van der Waals surface area contributed by atoms with Crippen molar-refractivity contribution in [1.29, 1.82) is 0 Å². The number of carbonyl (C=O) groups is 4. The van der Waals surface area contributed by atoms with E-state index in [-0.39, 0.29) is 29.8 Å². The monoisotopic (exact) mass is 824 g/mol. The topological polar surface area (TPSA) is 184 Å². The van der Waals surface area contributed by atoms with Gasteiger partial charge in [0.15, 0.2) is 0 Å². The molecule has 4 atom stereocenters. The third-order valence-corrected chi connectivity index (χ3v) is 12.2. The average Bonchev–Trinajstić information content (AvgIpc) is 4.13. The molecule has 3 aliphatic heterocycles. The summed E-state index contributed by atoms with van der Waals surface area (Å²) in [5, 5.41) is 7.35. The molecule has 6 aromatic rings. The van der Waals surface area contributed by atoms with Gasteiger partial charge in [0.1, 0.15) is 36.1 Å². The van der Waals surface area contributed by atoms with Gasteiger partial charge in [0.2, 0.25) is 5.91 Å². The zero-order valence-corrected chi connectivity index (χ0v) is 34.5. The Labute approximate surface area is 352 Å². The summed E-state index contributed by atoms with van der Waals surface area (Å²) >= 11 is 0. The Kier molecular flexibility index (Phi) is 10.6. The minimum absolute atomic E-state index is 0.120. The van der Waals surface area contributed by atoms with Crippen LogP contribution in [0, 0.1) is 5.92 Å². The number of H-pyrrole nitrogens is 2. The van der Waals surface area contributed by atoms with Crippen LogP contribution in [0.5, 0.6) is 5.75 Å². The standard InChI is InChI=1S/C46H48N8O7/c1-25(2)37(51-45(57)59-3)43(55)53-20-8-12-35(53)41-47-23-34(49-41)27-14-15-29-28(22-27)24-61-40-31(29)17-16-30-32(40)18-19-33-39(30)50-42(48-33)36-13-9-21-54(36)44(56)38(52-46(58)60-4)26-10-6-5-7-11-26/h5-7,10-11,14-19,22-23,25,35-38H,8-9,12-13,20-21,24H2,1-4H3,(H,47,49)(H,48,50)(H,51,57)(H,52,58)/t35-,36-,37-,38+/m0/s1. The van der Waals surface area contributed by atoms with E-state index >= 15 is 0 Å². The summed E-state index contributed by atoms with van der Waals surface area (Å²) in [6.45, 7) is 5.29. The van der Waals surface area contributed by atoms with Crippen molar-refractivity contribution in [2.75, 3.05) is 27.3 Å². The maximum Gasteiger partial charge on any atom is 0.407 e. The fourth-order valence-corrected chi connectivity index (χ4v) is 9.13. The third kappa shape index (κ3) is 7.27. The second kappa shape index (κ2) is 16.3. The molecular formula is C46H48N8O7. The number of aromatic nitrogens is 4. The molecule has 4 amide bonds. The number of benzene rings is 4. The van der Waals surface area contributed by atoms with Crippen molar-refractivity contribution in [2.45, 2.75) is 70.3 Å². The predicted molar refractivity (Wildman–Crippen MR) is 227 cm³/mol. The molecule has 0 spiro atoms. The van der Waals surface area contributed by atoms with Crippen LogP contribution in [-0.4, -0.2) is 87.1 Å². The molecule has 0 aliphatic carbocycles. The van der Waals surface area contributed by atoms with Crippen molar-refractivity contribution >= 4 is 45.8 Å². The number of nitrogens with zero attached hydrogens (tertiary/aromatic N) is 4. The van der Waals surface area contributed by atoms with Crippen molar-refractivity contribution in [3.63, 3.8) is 0 Å². The highest BCUT2D eigenvalue weighted by atomic mass is 16.5. The molecule has 9 rings (SSSR count). The van der Waals surface area contributed by atoms with Gasteiger partial charge >= 0.3 is 12.2 Å². The molecule has 2 fully saturated rings. The Morgan fingerprint density at radius 2 is 1.48 bits per heavy atom. The number of aromatic amines is 2. The van der Waals surface area contributed by atoms with Gasteiger partial charge in [0, 0.05) is 29.4 Å². The lowest BCUT2D eigenvalue weighted by Gasteiger charge is -2.30. The fourth-order valence-electron chi connectivity index (χ4n) is 9.13. The summed E-state index contributed by atoms with van der Waals surface area (Å²) < 4.78 is 16.2. The van der Waals surface area contributed by atoms with Crippen LogP contribution in [0.4, 0.5) is 9.59 Å². The number of hydrogen-bond acceptors (Lipinski definition) is 9. The lowest BCUT2D eigenvalue weighted by Crippen LogP contribution is -2.51. The van der Waals surface area contributed by atoms with E-state index in [1.807, 2.05) is 61.2 Å². The van der Waals surface area contributed by atoms with Gasteiger partial charge in [-0.25, -0.2) is 19.6 Å². The van der Waals surface area contributed by atoms with Crippen LogP contribution in [0.3, 0.4) is 0 Å². The molecule has 2 saturated heterocycles. The highest BCUT2D eigenvalue weighted by Crippen LogP contribution is 2.45. The molecule has 3 aliphatic rings. The number of nitrogens with one attached hydrogen (secondary N) is 4. The summed E-state index contributed by atoms with van der Waals surface area (Å²) in [6, 6.07) is 21.6. The smallest absolute Gasteiger partial charge is 0.407 e. The minimum atomic E-state index is -0.902. The van der Waals surface area contributed by atoms with Crippen molar-refractivity contribution in [3.05, 3.63) is 102 Å². The van der Waals surface area contributed by atoms with Gasteiger partial charge < -0.3 is 44.6 Å². The van der Waals surface area contributed by atoms with Gasteiger partial charge in [0.05, 0.1) is 49.2 Å². The van der Waals surface area contributed by atoms with Crippen molar-refractivity contribution in [2.24, 2.45) is 5.92 Å². The summed E-state index contributed by atoms with van der Waals surface area (Å²) in [5.41, 5.74) is 7.23. The second-order valence-electron chi connectivity index (χ2n) is 16.2. The Balaban J connectivity index is 0.959. The molecule has 0 bridgehead atoms. The number of methoxy groups -OCH3 is 2. The van der Waals surface area contributed by atoms with Crippen molar-refractivity contribution < 1.29 is 33.4 Å². The first-order chi connectivity index (χ1) is 29.6. The largest absolute Gasteiger partial charge is 0.488 e. The molecule has 5 heterocycles. The van der Waals surface area contributed by atoms with E-state index < -0.39 is 24.3 Å². The third-order valence-electron chi connectivity index (χ3n) is 12.2. The minimum Gasteiger partial charge on any atom is -0.488 e. The molecule has 0 radical (unpaired) electrons. The van der Waals surface area contributed by atoms with Crippen LogP contribution in [0.2, 0.25) is 0 Å². The molecule has 2 aromatic heterocycles. The number of imidazole rings is 2. The van der Waals surface area contributed by atoms with E-state index in [9.17, 15) is 19.2 Å². The van der Waals surface area contributed by atoms with E-state index in [4.69, 9.17) is 24.2 Å². The van der Waals surface area contributed by atoms with Crippen LogP contribution < -0.4 is 15.4 Å². The molecule has 15 nitrogen and oxygen atoms in total. The SMILES string of the molecule is COC(=O)N[C@H](C(=O)N1CCC[C@H]1c1ncc(-c2ccc3c(c2)COc2c-3ccc3c2ccc2nc([C@@H]4CCCN4C(=O)[C@H](NC(=O)OC)c4ccccc4)[nH]c23)[nH]1)C(C)C. The Hall–Kier alpha value is -6.90. The number of carbonyl (C=O) groups excluding carboxylic acids is 4. The maximum absolute atomic E-state index is 14.1. The van der Waals surface area contributed by atoms with Crippen LogP contribution in [0.1, 0.15) is 80.4 Å². The summed E-state index contributed by atoms with van der Waals surface area (Å²) in [5.74, 6) is 1.71. The Bertz CT molecular complexity index is 2660. The van der Waals surface area contributed by atoms with Gasteiger partial charge in [-0.1, -0.05) is 62.4 Å². The van der Waals surface area contributed by atoms with Crippen LogP contribution in [0.25, 0.3) is 44.2 Å². The normalized spacial score (nSPS) is 18.0. The summed E-state index contributed by atoms with van der Waals surface area (Å²) in [6.07, 6.45) is 3.63. The highest BCUT2D eigenvalue weighted by molar-refractivity contribution is 6.09. The lowest BCUT2D eigenvalue weighted by molar-refractivity contribution is -0.135. The van der Waals surface area contributed by atoms with Gasteiger partial charge in [-0.15, -0.1) is 0 Å². The van der Waals surface area contributed by atoms with Crippen molar-refractivity contribution in [1.82, 2.24) is 40.4 Å². The first kappa shape index (κ1) is 39.6. The molecule has 61 heavy (non-hydrogen) atoms. The number of rotatable bonds is 9. The van der Waals surface area contributed by atoms with Gasteiger partial charge in [-0.2, -0.15) is 0 Å². The van der Waals surface area contributed by atoms with E-state index in [1.54, 1.807) is 11.1 Å². The first-order valence-electron chi connectivity index (χ1n) is 20.7. The van der Waals surface area contributed by atoms with E-state index in [0.717, 1.165) is 81.2 Å². The number of amides is 4. The first-order valence-corrected chi connectivity index (χ1v) is 20.7. The van der Waals surface area contributed by atoms with E-state index in [0.29, 0.717) is 36.9 Å². The zero-order valence-electron chi connectivity index (χ0n) is 34.5. The Morgan fingerprint density at radius 3 is 2.21 bits per heavy atom. The predicted octanol–water partition coefficient (Wildman–Crippen LogP) is 7.47. The number of fused-ring (bicyclic) bond motifs is 7. The van der Waals surface area contributed by atoms with Crippen LogP contribution in [0.15, 0.2) is 79.0 Å². The second-order valence-corrected chi connectivity index (χ2v) is 16.2. The van der Waals surface area contributed by atoms with E-state index in [2.05, 4.69) is 50.9 Å². The molecule has 0 unspecified atom stereocenters. The number of likely N-dealkylation sites (tertiary alicyclic amines) is 2. The summed E-state index contributed by atoms with van der Waals surface area (Å²) in [7, 11) is 2.57. The maximum atomic E-state index is 14.1. The van der Waals surface area contributed by atoms with E-state index in [1.165, 1.54) is 14.2 Å². The molecule has 4 N–H and O–H groups in total. The quantitative estimate of drug-likeness (QED) is 0.115. The Morgan fingerprint density at radius 1 is 0.787 bits per heavy atom. The van der Waals surface area contributed by atoms with Gasteiger partial charge in [-0.3, -0.25) is 9.59 Å². The van der Waals surface area contributed by atoms with Crippen molar-refractivity contribution in [3.8, 4) is 28.1 Å². The highest BCUT2D eigenvalue weighted by Gasteiger charge is 2.39. The molecule has 4 aromatic carbocycles. The van der Waals surface area contributed by atoms with Gasteiger partial charge in [0.25, 0.3) is 5.91 Å². The van der Waals surface area contributed by atoms with Crippen LogP contribution >= 0.6 is 0 Å². The fraction of sp³-hybridized carbons (Fsp3) is 0.348. The number of alkyl carbamates (subject to hydrolysis) is 2.